The number of aromatic amines is 1. The average Bonchev–Trinajstić information content (AvgIpc) is 3.32. The molecular weight excluding hydrogens is 338 g/mol. The summed E-state index contributed by atoms with van der Waals surface area (Å²) in [5.74, 6) is 0.0805. The van der Waals surface area contributed by atoms with E-state index in [9.17, 15) is 4.79 Å². The summed E-state index contributed by atoms with van der Waals surface area (Å²) < 4.78 is 0. The highest BCUT2D eigenvalue weighted by molar-refractivity contribution is 7.10. The number of thiophene rings is 1. The summed E-state index contributed by atoms with van der Waals surface area (Å²) >= 11 is 3.43. The Hall–Kier alpha value is -1.92. The Labute approximate surface area is 149 Å². The fourth-order valence-corrected chi connectivity index (χ4v) is 4.95. The van der Waals surface area contributed by atoms with Crippen molar-refractivity contribution in [2.24, 2.45) is 0 Å². The first-order chi connectivity index (χ1) is 11.7. The summed E-state index contributed by atoms with van der Waals surface area (Å²) in [5.41, 5.74) is 3.87. The number of nitrogens with one attached hydrogen (secondary N) is 1. The third-order valence-electron chi connectivity index (χ3n) is 4.57. The van der Waals surface area contributed by atoms with E-state index in [0.29, 0.717) is 5.69 Å². The van der Waals surface area contributed by atoms with Crippen molar-refractivity contribution < 1.29 is 4.79 Å². The summed E-state index contributed by atoms with van der Waals surface area (Å²) in [4.78, 5) is 24.1. The Morgan fingerprint density at radius 1 is 1.46 bits per heavy atom. The van der Waals surface area contributed by atoms with Gasteiger partial charge in [-0.15, -0.1) is 22.7 Å². The summed E-state index contributed by atoms with van der Waals surface area (Å²) in [7, 11) is 0. The lowest BCUT2D eigenvalue weighted by molar-refractivity contribution is 0.0652. The molecule has 4 nitrogen and oxygen atoms in total. The minimum atomic E-state index is 0.0805. The van der Waals surface area contributed by atoms with Crippen molar-refractivity contribution in [2.45, 2.75) is 32.7 Å². The van der Waals surface area contributed by atoms with Crippen LogP contribution < -0.4 is 0 Å². The highest BCUT2D eigenvalue weighted by atomic mass is 32.1. The fourth-order valence-electron chi connectivity index (χ4n) is 3.40. The molecule has 1 atom stereocenters. The Morgan fingerprint density at radius 2 is 2.33 bits per heavy atom. The fraction of sp³-hybridized carbons (Fsp3) is 0.333. The van der Waals surface area contributed by atoms with Gasteiger partial charge < -0.3 is 9.88 Å². The number of hydrogen-bond donors (Lipinski definition) is 1. The summed E-state index contributed by atoms with van der Waals surface area (Å²) in [6, 6.07) is 4.28. The van der Waals surface area contributed by atoms with Crippen molar-refractivity contribution in [1.82, 2.24) is 14.9 Å². The van der Waals surface area contributed by atoms with Crippen LogP contribution in [-0.4, -0.2) is 27.3 Å². The predicted molar refractivity (Wildman–Crippen MR) is 98.7 cm³/mol. The summed E-state index contributed by atoms with van der Waals surface area (Å²) in [5, 5.41) is 5.20. The van der Waals surface area contributed by atoms with Crippen LogP contribution in [0.3, 0.4) is 0 Å². The molecule has 1 N–H and O–H groups in total. The molecule has 0 aliphatic carbocycles. The Kier molecular flexibility index (Phi) is 4.02. The van der Waals surface area contributed by atoms with Crippen molar-refractivity contribution in [1.29, 1.82) is 0 Å². The van der Waals surface area contributed by atoms with E-state index in [1.54, 1.807) is 22.7 Å². The van der Waals surface area contributed by atoms with Gasteiger partial charge in [-0.1, -0.05) is 6.92 Å². The zero-order valence-electron chi connectivity index (χ0n) is 13.7. The first-order valence-electron chi connectivity index (χ1n) is 8.15. The largest absolute Gasteiger partial charge is 0.357 e. The standard InChI is InChI=1S/C18H19N3OS2/c1-3-16-13-5-7-23-17(13)4-6-21(16)18(22)14-8-12(9-19-14)15-10-24-11(2)20-15/h5,7-10,16,19H,3-4,6H2,1-2H3. The molecule has 0 aromatic carbocycles. The average molecular weight is 358 g/mol. The number of hydrogen-bond acceptors (Lipinski definition) is 4. The van der Waals surface area contributed by atoms with Crippen molar-refractivity contribution in [3.05, 3.63) is 50.2 Å². The van der Waals surface area contributed by atoms with E-state index in [1.807, 2.05) is 29.5 Å². The molecule has 4 heterocycles. The molecule has 0 spiro atoms. The van der Waals surface area contributed by atoms with Crippen LogP contribution in [0.15, 0.2) is 29.1 Å². The Balaban J connectivity index is 1.61. The monoisotopic (exact) mass is 357 g/mol. The van der Waals surface area contributed by atoms with E-state index >= 15 is 0 Å². The van der Waals surface area contributed by atoms with Crippen LogP contribution in [0.4, 0.5) is 0 Å². The van der Waals surface area contributed by atoms with Gasteiger partial charge in [-0.05, 0) is 42.8 Å². The van der Waals surface area contributed by atoms with Crippen LogP contribution in [0.5, 0.6) is 0 Å². The number of nitrogens with zero attached hydrogens (tertiary/aromatic N) is 2. The number of amides is 1. The number of carbonyl (C=O) groups excluding carboxylic acids is 1. The molecule has 6 heteroatoms. The van der Waals surface area contributed by atoms with Gasteiger partial charge in [0.1, 0.15) is 5.69 Å². The first kappa shape index (κ1) is 15.6. The van der Waals surface area contributed by atoms with Gasteiger partial charge in [-0.25, -0.2) is 4.98 Å². The molecule has 3 aromatic rings. The summed E-state index contributed by atoms with van der Waals surface area (Å²) in [6.07, 6.45) is 3.77. The first-order valence-corrected chi connectivity index (χ1v) is 9.91. The molecule has 4 rings (SSSR count). The smallest absolute Gasteiger partial charge is 0.270 e. The highest BCUT2D eigenvalue weighted by Gasteiger charge is 2.31. The van der Waals surface area contributed by atoms with Crippen LogP contribution in [0.25, 0.3) is 11.3 Å². The van der Waals surface area contributed by atoms with E-state index in [1.165, 1.54) is 10.4 Å². The van der Waals surface area contributed by atoms with Crippen LogP contribution in [0.2, 0.25) is 0 Å². The topological polar surface area (TPSA) is 49.0 Å². The van der Waals surface area contributed by atoms with Crippen LogP contribution in [0.1, 0.15) is 45.3 Å². The number of H-pyrrole nitrogens is 1. The van der Waals surface area contributed by atoms with Gasteiger partial charge in [-0.2, -0.15) is 0 Å². The van der Waals surface area contributed by atoms with Crippen molar-refractivity contribution >= 4 is 28.6 Å². The molecule has 1 unspecified atom stereocenters. The van der Waals surface area contributed by atoms with Gasteiger partial charge in [0.15, 0.2) is 0 Å². The van der Waals surface area contributed by atoms with E-state index in [2.05, 4.69) is 28.3 Å². The molecule has 3 aromatic heterocycles. The van der Waals surface area contributed by atoms with Crippen LogP contribution >= 0.6 is 22.7 Å². The molecule has 0 bridgehead atoms. The van der Waals surface area contributed by atoms with E-state index < -0.39 is 0 Å². The van der Waals surface area contributed by atoms with Gasteiger partial charge in [0.25, 0.3) is 5.91 Å². The number of aromatic nitrogens is 2. The molecule has 0 saturated carbocycles. The zero-order valence-corrected chi connectivity index (χ0v) is 15.3. The molecule has 1 aliphatic heterocycles. The quantitative estimate of drug-likeness (QED) is 0.741. The second-order valence-electron chi connectivity index (χ2n) is 6.03. The second kappa shape index (κ2) is 6.18. The summed E-state index contributed by atoms with van der Waals surface area (Å²) in [6.45, 7) is 4.93. The maximum atomic E-state index is 13.0. The van der Waals surface area contributed by atoms with Gasteiger partial charge in [0.2, 0.25) is 0 Å². The van der Waals surface area contributed by atoms with Crippen molar-refractivity contribution in [2.75, 3.05) is 6.54 Å². The minimum absolute atomic E-state index is 0.0805. The van der Waals surface area contributed by atoms with Crippen molar-refractivity contribution in [3.8, 4) is 11.3 Å². The minimum Gasteiger partial charge on any atom is -0.357 e. The number of aryl methyl sites for hydroxylation is 1. The predicted octanol–water partition coefficient (Wildman–Crippen LogP) is 4.66. The number of rotatable bonds is 3. The highest BCUT2D eigenvalue weighted by Crippen LogP contribution is 2.36. The van der Waals surface area contributed by atoms with E-state index in [4.69, 9.17) is 0 Å². The molecule has 24 heavy (non-hydrogen) atoms. The van der Waals surface area contributed by atoms with E-state index in [-0.39, 0.29) is 11.9 Å². The zero-order chi connectivity index (χ0) is 16.7. The molecule has 124 valence electrons. The lowest BCUT2D eigenvalue weighted by Crippen LogP contribution is -2.39. The molecule has 1 aliphatic rings. The molecule has 0 radical (unpaired) electrons. The number of fused-ring (bicyclic) bond motifs is 1. The second-order valence-corrected chi connectivity index (χ2v) is 8.09. The van der Waals surface area contributed by atoms with E-state index in [0.717, 1.165) is 35.7 Å². The van der Waals surface area contributed by atoms with Crippen LogP contribution in [-0.2, 0) is 6.42 Å². The van der Waals surface area contributed by atoms with Gasteiger partial charge >= 0.3 is 0 Å². The number of carbonyl (C=O) groups is 1. The lowest BCUT2D eigenvalue weighted by atomic mass is 9.97. The number of thiazole rings is 1. The van der Waals surface area contributed by atoms with Gasteiger partial charge in [-0.3, -0.25) is 4.79 Å². The normalized spacial score (nSPS) is 17.1. The van der Waals surface area contributed by atoms with Gasteiger partial charge in [0, 0.05) is 28.6 Å². The SMILES string of the molecule is CCC1c2ccsc2CCN1C(=O)c1cc(-c2csc(C)n2)c[nH]1. The Morgan fingerprint density at radius 3 is 3.08 bits per heavy atom. The Bertz CT molecular complexity index is 876. The maximum absolute atomic E-state index is 13.0. The molecule has 1 amide bonds. The van der Waals surface area contributed by atoms with Gasteiger partial charge in [0.05, 0.1) is 16.7 Å². The third kappa shape index (κ3) is 2.59. The molecule has 0 saturated heterocycles. The lowest BCUT2D eigenvalue weighted by Gasteiger charge is -2.35. The molecule has 0 fully saturated rings. The third-order valence-corrected chi connectivity index (χ3v) is 6.34. The molecular formula is C18H19N3OS2. The van der Waals surface area contributed by atoms with Crippen molar-refractivity contribution in [3.63, 3.8) is 0 Å². The maximum Gasteiger partial charge on any atom is 0.270 e. The van der Waals surface area contributed by atoms with Crippen LogP contribution in [0, 0.1) is 6.92 Å².